The highest BCUT2D eigenvalue weighted by Crippen LogP contribution is 2.17. The van der Waals surface area contributed by atoms with Crippen molar-refractivity contribution >= 4 is 17.5 Å². The van der Waals surface area contributed by atoms with Crippen LogP contribution in [0.5, 0.6) is 5.75 Å². The van der Waals surface area contributed by atoms with E-state index in [4.69, 9.17) is 21.4 Å². The Morgan fingerprint density at radius 2 is 2.20 bits per heavy atom. The van der Waals surface area contributed by atoms with Gasteiger partial charge in [-0.1, -0.05) is 17.7 Å². The van der Waals surface area contributed by atoms with Crippen LogP contribution in [0.15, 0.2) is 24.3 Å². The van der Waals surface area contributed by atoms with Crippen LogP contribution in [-0.4, -0.2) is 41.7 Å². The van der Waals surface area contributed by atoms with Gasteiger partial charge in [-0.3, -0.25) is 4.79 Å². The van der Waals surface area contributed by atoms with Gasteiger partial charge in [0.2, 0.25) is 5.91 Å². The summed E-state index contributed by atoms with van der Waals surface area (Å²) in [5, 5.41) is 9.47. The molecule has 1 aromatic carbocycles. The predicted molar refractivity (Wildman–Crippen MR) is 80.1 cm³/mol. The van der Waals surface area contributed by atoms with E-state index in [1.165, 1.54) is 0 Å². The van der Waals surface area contributed by atoms with Gasteiger partial charge in [0, 0.05) is 24.2 Å². The molecule has 1 aromatic rings. The summed E-state index contributed by atoms with van der Waals surface area (Å²) in [5.74, 6) is 0.701. The molecule has 112 valence electrons. The summed E-state index contributed by atoms with van der Waals surface area (Å²) in [7, 11) is 0. The average molecular weight is 300 g/mol. The maximum atomic E-state index is 12.1. The molecule has 4 nitrogen and oxygen atoms in total. The minimum atomic E-state index is 0.0375. The number of ether oxygens (including phenoxy) is 1. The van der Waals surface area contributed by atoms with E-state index in [1.54, 1.807) is 23.1 Å². The first kappa shape index (κ1) is 16.8. The zero-order chi connectivity index (χ0) is 15.0. The zero-order valence-corrected chi connectivity index (χ0v) is 12.8. The van der Waals surface area contributed by atoms with Crippen LogP contribution in [0, 0.1) is 0 Å². The molecule has 0 bridgehead atoms. The summed E-state index contributed by atoms with van der Waals surface area (Å²) in [6, 6.07) is 7.23. The van der Waals surface area contributed by atoms with Crippen molar-refractivity contribution in [3.05, 3.63) is 29.3 Å². The smallest absolute Gasteiger partial charge is 0.226 e. The molecule has 0 saturated heterocycles. The molecule has 0 atom stereocenters. The quantitative estimate of drug-likeness (QED) is 0.803. The first-order valence-corrected chi connectivity index (χ1v) is 7.21. The summed E-state index contributed by atoms with van der Waals surface area (Å²) in [4.78, 5) is 13.8. The maximum absolute atomic E-state index is 12.1. The van der Waals surface area contributed by atoms with Crippen LogP contribution < -0.4 is 4.74 Å². The second kappa shape index (κ2) is 8.82. The Hall–Kier alpha value is -1.26. The van der Waals surface area contributed by atoms with Gasteiger partial charge in [0.15, 0.2) is 0 Å². The summed E-state index contributed by atoms with van der Waals surface area (Å²) in [5.41, 5.74) is 0. The van der Waals surface area contributed by atoms with Crippen LogP contribution in [0.4, 0.5) is 0 Å². The number of halogens is 1. The molecule has 0 saturated carbocycles. The molecule has 20 heavy (non-hydrogen) atoms. The van der Waals surface area contributed by atoms with Crippen molar-refractivity contribution in [2.24, 2.45) is 0 Å². The van der Waals surface area contributed by atoms with E-state index >= 15 is 0 Å². The minimum absolute atomic E-state index is 0.0375. The van der Waals surface area contributed by atoms with Gasteiger partial charge in [0.05, 0.1) is 13.0 Å². The average Bonchev–Trinajstić information content (AvgIpc) is 2.39. The van der Waals surface area contributed by atoms with Gasteiger partial charge in [-0.2, -0.15) is 0 Å². The molecule has 0 unspecified atom stereocenters. The Labute approximate surface area is 125 Å². The summed E-state index contributed by atoms with van der Waals surface area (Å²) in [6.45, 7) is 4.92. The molecule has 0 radical (unpaired) electrons. The molecule has 0 aliphatic heterocycles. The summed E-state index contributed by atoms with van der Waals surface area (Å²) < 4.78 is 5.51. The molecule has 1 rings (SSSR count). The number of nitrogens with zero attached hydrogens (tertiary/aromatic N) is 1. The van der Waals surface area contributed by atoms with Crippen molar-refractivity contribution in [2.45, 2.75) is 32.7 Å². The molecule has 0 heterocycles. The van der Waals surface area contributed by atoms with Gasteiger partial charge in [-0.15, -0.1) is 0 Å². The second-order valence-electron chi connectivity index (χ2n) is 4.81. The Balaban J connectivity index is 2.41. The van der Waals surface area contributed by atoms with Gasteiger partial charge in [0.25, 0.3) is 0 Å². The van der Waals surface area contributed by atoms with Gasteiger partial charge in [-0.25, -0.2) is 0 Å². The minimum Gasteiger partial charge on any atom is -0.493 e. The maximum Gasteiger partial charge on any atom is 0.226 e. The molecule has 0 aliphatic carbocycles. The van der Waals surface area contributed by atoms with E-state index < -0.39 is 0 Å². The number of carbonyl (C=O) groups is 1. The lowest BCUT2D eigenvalue weighted by atomic mass is 10.2. The monoisotopic (exact) mass is 299 g/mol. The van der Waals surface area contributed by atoms with Crippen molar-refractivity contribution in [3.8, 4) is 5.75 Å². The van der Waals surface area contributed by atoms with Crippen LogP contribution in [0.1, 0.15) is 26.7 Å². The van der Waals surface area contributed by atoms with Gasteiger partial charge in [0.1, 0.15) is 5.75 Å². The fourth-order valence-electron chi connectivity index (χ4n) is 1.87. The number of aliphatic hydroxyl groups is 1. The predicted octanol–water partition coefficient (Wildman–Crippen LogP) is 2.73. The molecule has 1 amide bonds. The third kappa shape index (κ3) is 5.80. The van der Waals surface area contributed by atoms with Gasteiger partial charge >= 0.3 is 0 Å². The summed E-state index contributed by atoms with van der Waals surface area (Å²) >= 11 is 5.86. The Morgan fingerprint density at radius 1 is 1.45 bits per heavy atom. The van der Waals surface area contributed by atoms with Crippen molar-refractivity contribution in [1.82, 2.24) is 4.90 Å². The SMILES string of the molecule is CC(C)N(CCCO)C(=O)CCOc1cccc(Cl)c1. The standard InChI is InChI=1S/C15H22ClNO3/c1-12(2)17(8-4-9-18)15(19)7-10-20-14-6-3-5-13(16)11-14/h3,5-6,11-12,18H,4,7-10H2,1-2H3. The lowest BCUT2D eigenvalue weighted by molar-refractivity contribution is -0.133. The van der Waals surface area contributed by atoms with Crippen molar-refractivity contribution in [2.75, 3.05) is 19.8 Å². The number of aliphatic hydroxyl groups excluding tert-OH is 1. The van der Waals surface area contributed by atoms with Crippen LogP contribution >= 0.6 is 11.6 Å². The van der Waals surface area contributed by atoms with E-state index in [2.05, 4.69) is 0 Å². The highest BCUT2D eigenvalue weighted by molar-refractivity contribution is 6.30. The van der Waals surface area contributed by atoms with E-state index in [1.807, 2.05) is 19.9 Å². The number of carbonyl (C=O) groups excluding carboxylic acids is 1. The van der Waals surface area contributed by atoms with Crippen LogP contribution in [0.25, 0.3) is 0 Å². The number of benzene rings is 1. The normalized spacial score (nSPS) is 10.7. The fourth-order valence-corrected chi connectivity index (χ4v) is 2.05. The zero-order valence-electron chi connectivity index (χ0n) is 12.0. The lowest BCUT2D eigenvalue weighted by Gasteiger charge is -2.26. The van der Waals surface area contributed by atoms with Crippen molar-refractivity contribution in [3.63, 3.8) is 0 Å². The molecule has 5 heteroatoms. The second-order valence-corrected chi connectivity index (χ2v) is 5.25. The molecule has 1 N–H and O–H groups in total. The molecule has 0 fully saturated rings. The van der Waals surface area contributed by atoms with E-state index in [0.29, 0.717) is 36.8 Å². The molecule has 0 aliphatic rings. The third-order valence-electron chi connectivity index (χ3n) is 2.88. The molecular formula is C15H22ClNO3. The number of hydrogen-bond donors (Lipinski definition) is 1. The number of amides is 1. The van der Waals surface area contributed by atoms with Crippen LogP contribution in [0.3, 0.4) is 0 Å². The van der Waals surface area contributed by atoms with Gasteiger partial charge < -0.3 is 14.7 Å². The Morgan fingerprint density at radius 3 is 2.80 bits per heavy atom. The van der Waals surface area contributed by atoms with Crippen molar-refractivity contribution in [1.29, 1.82) is 0 Å². The van der Waals surface area contributed by atoms with E-state index in [9.17, 15) is 4.79 Å². The molecule has 0 aromatic heterocycles. The Kier molecular flexibility index (Phi) is 7.41. The Bertz CT molecular complexity index is 423. The highest BCUT2D eigenvalue weighted by Gasteiger charge is 2.16. The molecular weight excluding hydrogens is 278 g/mol. The number of hydrogen-bond acceptors (Lipinski definition) is 3. The molecule has 0 spiro atoms. The fraction of sp³-hybridized carbons (Fsp3) is 0.533. The highest BCUT2D eigenvalue weighted by atomic mass is 35.5. The van der Waals surface area contributed by atoms with E-state index in [-0.39, 0.29) is 18.6 Å². The first-order valence-electron chi connectivity index (χ1n) is 6.83. The lowest BCUT2D eigenvalue weighted by Crippen LogP contribution is -2.38. The largest absolute Gasteiger partial charge is 0.493 e. The third-order valence-corrected chi connectivity index (χ3v) is 3.12. The topological polar surface area (TPSA) is 49.8 Å². The summed E-state index contributed by atoms with van der Waals surface area (Å²) in [6.07, 6.45) is 0.912. The van der Waals surface area contributed by atoms with Crippen LogP contribution in [-0.2, 0) is 4.79 Å². The van der Waals surface area contributed by atoms with Crippen LogP contribution in [0.2, 0.25) is 5.02 Å². The van der Waals surface area contributed by atoms with Gasteiger partial charge in [-0.05, 0) is 38.5 Å². The van der Waals surface area contributed by atoms with Crippen molar-refractivity contribution < 1.29 is 14.6 Å². The first-order chi connectivity index (χ1) is 9.54. The van der Waals surface area contributed by atoms with E-state index in [0.717, 1.165) is 0 Å². The number of rotatable bonds is 8.